The minimum absolute atomic E-state index is 0.0345. The summed E-state index contributed by atoms with van der Waals surface area (Å²) in [4.78, 5) is 13.9. The van der Waals surface area contributed by atoms with E-state index in [2.05, 4.69) is 11.4 Å². The third-order valence-corrected chi connectivity index (χ3v) is 2.59. The molecule has 0 heterocycles. The molecule has 90 valence electrons. The topological polar surface area (TPSA) is 56.1 Å². The minimum atomic E-state index is -0.0345. The molecule has 4 nitrogen and oxygen atoms in total. The summed E-state index contributed by atoms with van der Waals surface area (Å²) in [7, 11) is 1.79. The van der Waals surface area contributed by atoms with Crippen molar-refractivity contribution < 1.29 is 4.79 Å². The van der Waals surface area contributed by atoms with Gasteiger partial charge in [0.1, 0.15) is 0 Å². The van der Waals surface area contributed by atoms with E-state index in [0.29, 0.717) is 25.1 Å². The van der Waals surface area contributed by atoms with Gasteiger partial charge in [-0.15, -0.1) is 0 Å². The largest absolute Gasteiger partial charge is 0.387 e. The Morgan fingerprint density at radius 3 is 2.76 bits per heavy atom. The summed E-state index contributed by atoms with van der Waals surface area (Å²) >= 11 is 0. The van der Waals surface area contributed by atoms with Gasteiger partial charge in [-0.05, 0) is 19.1 Å². The molecule has 0 aliphatic carbocycles. The summed E-state index contributed by atoms with van der Waals surface area (Å²) in [6.45, 7) is 3.00. The van der Waals surface area contributed by atoms with Gasteiger partial charge < -0.3 is 10.2 Å². The molecule has 0 aliphatic heterocycles. The van der Waals surface area contributed by atoms with E-state index in [-0.39, 0.29) is 5.91 Å². The lowest BCUT2D eigenvalue weighted by atomic mass is 10.1. The summed E-state index contributed by atoms with van der Waals surface area (Å²) in [5, 5.41) is 11.6. The van der Waals surface area contributed by atoms with E-state index in [1.54, 1.807) is 18.0 Å². The van der Waals surface area contributed by atoms with Crippen molar-refractivity contribution in [2.45, 2.75) is 13.3 Å². The number of anilines is 1. The molecule has 0 saturated carbocycles. The first kappa shape index (κ1) is 13.0. The zero-order valence-electron chi connectivity index (χ0n) is 10.2. The van der Waals surface area contributed by atoms with Crippen LogP contribution in [-0.4, -0.2) is 30.9 Å². The smallest absolute Gasteiger partial charge is 0.255 e. The summed E-state index contributed by atoms with van der Waals surface area (Å²) < 4.78 is 0. The number of carbonyl (C=O) groups excluding carboxylic acids is 1. The Morgan fingerprint density at radius 1 is 1.47 bits per heavy atom. The van der Waals surface area contributed by atoms with E-state index < -0.39 is 0 Å². The normalized spacial score (nSPS) is 9.47. The highest BCUT2D eigenvalue weighted by Gasteiger charge is 2.16. The molecule has 1 aromatic carbocycles. The number of amides is 1. The highest BCUT2D eigenvalue weighted by molar-refractivity contribution is 5.99. The van der Waals surface area contributed by atoms with Gasteiger partial charge in [0.15, 0.2) is 0 Å². The standard InChI is InChI=1S/C13H17N3O/c1-3-16(10-6-9-14)13(17)11-7-4-5-8-12(11)15-2/h4-5,7-8,15H,3,6,10H2,1-2H3. The van der Waals surface area contributed by atoms with Crippen LogP contribution in [0.1, 0.15) is 23.7 Å². The Bertz CT molecular complexity index is 423. The first-order chi connectivity index (χ1) is 8.24. The molecular weight excluding hydrogens is 214 g/mol. The monoisotopic (exact) mass is 231 g/mol. The maximum atomic E-state index is 12.2. The molecule has 1 rings (SSSR count). The van der Waals surface area contributed by atoms with Crippen LogP contribution in [-0.2, 0) is 0 Å². The molecular formula is C13H17N3O. The Balaban J connectivity index is 2.90. The van der Waals surface area contributed by atoms with Crippen LogP contribution in [0.5, 0.6) is 0 Å². The van der Waals surface area contributed by atoms with Crippen molar-refractivity contribution >= 4 is 11.6 Å². The molecule has 0 spiro atoms. The quantitative estimate of drug-likeness (QED) is 0.844. The zero-order chi connectivity index (χ0) is 12.7. The van der Waals surface area contributed by atoms with Crippen molar-refractivity contribution in [1.82, 2.24) is 4.90 Å². The second-order valence-corrected chi connectivity index (χ2v) is 3.59. The van der Waals surface area contributed by atoms with Crippen LogP contribution in [0.25, 0.3) is 0 Å². The average Bonchev–Trinajstić information content (AvgIpc) is 2.39. The molecule has 1 N–H and O–H groups in total. The summed E-state index contributed by atoms with van der Waals surface area (Å²) in [6.07, 6.45) is 0.362. The van der Waals surface area contributed by atoms with Gasteiger partial charge in [0.25, 0.3) is 5.91 Å². The molecule has 1 aromatic rings. The second kappa shape index (κ2) is 6.54. The number of carbonyl (C=O) groups is 1. The lowest BCUT2D eigenvalue weighted by Crippen LogP contribution is -2.32. The summed E-state index contributed by atoms with van der Waals surface area (Å²) in [6, 6.07) is 9.44. The summed E-state index contributed by atoms with van der Waals surface area (Å²) in [5.41, 5.74) is 1.46. The number of nitrogens with one attached hydrogen (secondary N) is 1. The highest BCUT2D eigenvalue weighted by atomic mass is 16.2. The number of benzene rings is 1. The number of nitriles is 1. The Kier molecular flexibility index (Phi) is 5.02. The van der Waals surface area contributed by atoms with E-state index in [9.17, 15) is 4.79 Å². The van der Waals surface area contributed by atoms with Crippen LogP contribution in [0, 0.1) is 11.3 Å². The predicted molar refractivity (Wildman–Crippen MR) is 67.8 cm³/mol. The van der Waals surface area contributed by atoms with Gasteiger partial charge in [0, 0.05) is 25.8 Å². The van der Waals surface area contributed by atoms with Crippen molar-refractivity contribution in [2.24, 2.45) is 0 Å². The van der Waals surface area contributed by atoms with Crippen LogP contribution in [0.2, 0.25) is 0 Å². The van der Waals surface area contributed by atoms with E-state index in [1.807, 2.05) is 25.1 Å². The Hall–Kier alpha value is -2.02. The molecule has 4 heteroatoms. The van der Waals surface area contributed by atoms with Crippen LogP contribution >= 0.6 is 0 Å². The molecule has 0 bridgehead atoms. The number of nitrogens with zero attached hydrogens (tertiary/aromatic N) is 2. The third-order valence-electron chi connectivity index (χ3n) is 2.59. The number of para-hydroxylation sites is 1. The number of rotatable bonds is 5. The maximum Gasteiger partial charge on any atom is 0.255 e. The van der Waals surface area contributed by atoms with Gasteiger partial charge in [-0.25, -0.2) is 0 Å². The maximum absolute atomic E-state index is 12.2. The van der Waals surface area contributed by atoms with Crippen molar-refractivity contribution in [2.75, 3.05) is 25.5 Å². The van der Waals surface area contributed by atoms with Gasteiger partial charge in [-0.3, -0.25) is 4.79 Å². The van der Waals surface area contributed by atoms with Gasteiger partial charge in [-0.2, -0.15) is 5.26 Å². The van der Waals surface area contributed by atoms with Crippen LogP contribution in [0.15, 0.2) is 24.3 Å². The van der Waals surface area contributed by atoms with E-state index >= 15 is 0 Å². The molecule has 17 heavy (non-hydrogen) atoms. The van der Waals surface area contributed by atoms with E-state index in [4.69, 9.17) is 5.26 Å². The first-order valence-corrected chi connectivity index (χ1v) is 5.67. The number of hydrogen-bond acceptors (Lipinski definition) is 3. The summed E-state index contributed by atoms with van der Waals surface area (Å²) in [5.74, 6) is -0.0345. The van der Waals surface area contributed by atoms with Crippen LogP contribution < -0.4 is 5.32 Å². The highest BCUT2D eigenvalue weighted by Crippen LogP contribution is 2.16. The van der Waals surface area contributed by atoms with Crippen molar-refractivity contribution in [3.05, 3.63) is 29.8 Å². The molecule has 0 fully saturated rings. The molecule has 0 aliphatic rings. The molecule has 0 unspecified atom stereocenters. The molecule has 0 radical (unpaired) electrons. The fourth-order valence-corrected chi connectivity index (χ4v) is 1.65. The fourth-order valence-electron chi connectivity index (χ4n) is 1.65. The second-order valence-electron chi connectivity index (χ2n) is 3.59. The van der Waals surface area contributed by atoms with Gasteiger partial charge in [0.2, 0.25) is 0 Å². The average molecular weight is 231 g/mol. The molecule has 1 amide bonds. The molecule has 0 saturated heterocycles. The molecule has 0 aromatic heterocycles. The fraction of sp³-hybridized carbons (Fsp3) is 0.385. The Morgan fingerprint density at radius 2 is 2.18 bits per heavy atom. The van der Waals surface area contributed by atoms with Crippen LogP contribution in [0.4, 0.5) is 5.69 Å². The van der Waals surface area contributed by atoms with E-state index in [0.717, 1.165) is 5.69 Å². The predicted octanol–water partition coefficient (Wildman–Crippen LogP) is 2.10. The van der Waals surface area contributed by atoms with Crippen molar-refractivity contribution in [1.29, 1.82) is 5.26 Å². The lowest BCUT2D eigenvalue weighted by molar-refractivity contribution is 0.0769. The van der Waals surface area contributed by atoms with E-state index in [1.165, 1.54) is 0 Å². The van der Waals surface area contributed by atoms with Crippen molar-refractivity contribution in [3.8, 4) is 6.07 Å². The van der Waals surface area contributed by atoms with Crippen molar-refractivity contribution in [3.63, 3.8) is 0 Å². The van der Waals surface area contributed by atoms with Gasteiger partial charge in [0.05, 0.1) is 18.1 Å². The molecule has 0 atom stereocenters. The SMILES string of the molecule is CCN(CCC#N)C(=O)c1ccccc1NC. The van der Waals surface area contributed by atoms with Gasteiger partial charge >= 0.3 is 0 Å². The number of hydrogen-bond donors (Lipinski definition) is 1. The van der Waals surface area contributed by atoms with Gasteiger partial charge in [-0.1, -0.05) is 12.1 Å². The zero-order valence-corrected chi connectivity index (χ0v) is 10.2. The van der Waals surface area contributed by atoms with Crippen LogP contribution in [0.3, 0.4) is 0 Å². The minimum Gasteiger partial charge on any atom is -0.387 e. The lowest BCUT2D eigenvalue weighted by Gasteiger charge is -2.20. The first-order valence-electron chi connectivity index (χ1n) is 5.67. The Labute approximate surface area is 102 Å². The third kappa shape index (κ3) is 3.22.